The van der Waals surface area contributed by atoms with E-state index in [9.17, 15) is 5.11 Å². The first-order chi connectivity index (χ1) is 9.99. The van der Waals surface area contributed by atoms with Crippen molar-refractivity contribution in [2.75, 3.05) is 20.2 Å². The minimum absolute atomic E-state index is 0.143. The van der Waals surface area contributed by atoms with Crippen LogP contribution >= 0.6 is 0 Å². The highest BCUT2D eigenvalue weighted by molar-refractivity contribution is 5.13. The number of ether oxygens (including phenoxy) is 1. The molecule has 1 aliphatic carbocycles. The molecule has 1 aromatic carbocycles. The van der Waals surface area contributed by atoms with Gasteiger partial charge in [-0.15, -0.1) is 0 Å². The molecule has 0 amide bonds. The maximum atomic E-state index is 9.92. The highest BCUT2D eigenvalue weighted by Gasteiger charge is 2.37. The topological polar surface area (TPSA) is 32.7 Å². The zero-order valence-corrected chi connectivity index (χ0v) is 13.6. The molecule has 2 rings (SSSR count). The van der Waals surface area contributed by atoms with E-state index in [-0.39, 0.29) is 11.5 Å². The molecular weight excluding hydrogens is 262 g/mol. The molecule has 0 heterocycles. The zero-order valence-electron chi connectivity index (χ0n) is 13.6. The number of aliphatic hydroxyl groups is 1. The van der Waals surface area contributed by atoms with Crippen molar-refractivity contribution >= 4 is 0 Å². The van der Waals surface area contributed by atoms with E-state index in [0.29, 0.717) is 12.6 Å². The van der Waals surface area contributed by atoms with Crippen LogP contribution < -0.4 is 0 Å². The number of aliphatic hydroxyl groups excluding tert-OH is 1. The van der Waals surface area contributed by atoms with Gasteiger partial charge in [-0.3, -0.25) is 0 Å². The van der Waals surface area contributed by atoms with E-state index in [0.717, 1.165) is 32.4 Å². The average Bonchev–Trinajstić information content (AvgIpc) is 2.47. The lowest BCUT2D eigenvalue weighted by atomic mass is 9.71. The van der Waals surface area contributed by atoms with Crippen molar-refractivity contribution in [2.45, 2.75) is 51.9 Å². The van der Waals surface area contributed by atoms with E-state index in [1.165, 1.54) is 5.56 Å². The average molecular weight is 291 g/mol. The van der Waals surface area contributed by atoms with E-state index < -0.39 is 0 Å². The second-order valence-corrected chi connectivity index (χ2v) is 6.95. The first-order valence-electron chi connectivity index (χ1n) is 7.99. The normalized spacial score (nSPS) is 25.2. The summed E-state index contributed by atoms with van der Waals surface area (Å²) in [6.07, 6.45) is 2.76. The number of rotatable bonds is 6. The highest BCUT2D eigenvalue weighted by atomic mass is 16.5. The molecule has 1 aliphatic rings. The molecule has 118 valence electrons. The van der Waals surface area contributed by atoms with Gasteiger partial charge in [0.15, 0.2) is 0 Å². The van der Waals surface area contributed by atoms with Crippen molar-refractivity contribution in [1.29, 1.82) is 0 Å². The lowest BCUT2D eigenvalue weighted by Crippen LogP contribution is -2.49. The van der Waals surface area contributed by atoms with Gasteiger partial charge in [0.2, 0.25) is 0 Å². The Morgan fingerprint density at radius 1 is 1.29 bits per heavy atom. The van der Waals surface area contributed by atoms with E-state index in [1.54, 1.807) is 0 Å². The van der Waals surface area contributed by atoms with Crippen LogP contribution in [-0.2, 0) is 11.3 Å². The third-order valence-electron chi connectivity index (χ3n) is 4.75. The van der Waals surface area contributed by atoms with Crippen LogP contribution in [0.1, 0.15) is 38.7 Å². The molecule has 0 radical (unpaired) electrons. The second-order valence-electron chi connectivity index (χ2n) is 6.95. The van der Waals surface area contributed by atoms with Crippen LogP contribution in [-0.4, -0.2) is 42.4 Å². The molecule has 21 heavy (non-hydrogen) atoms. The summed E-state index contributed by atoms with van der Waals surface area (Å²) in [5.74, 6) is 0. The van der Waals surface area contributed by atoms with Crippen LogP contribution in [0.3, 0.4) is 0 Å². The summed E-state index contributed by atoms with van der Waals surface area (Å²) in [6.45, 7) is 6.93. The van der Waals surface area contributed by atoms with Gasteiger partial charge in [0.1, 0.15) is 0 Å². The number of likely N-dealkylation sites (N-methyl/N-ethyl adjacent to an activating group) is 1. The van der Waals surface area contributed by atoms with Crippen molar-refractivity contribution in [3.8, 4) is 0 Å². The predicted molar refractivity (Wildman–Crippen MR) is 86.2 cm³/mol. The Kier molecular flexibility index (Phi) is 5.80. The molecule has 2 unspecified atom stereocenters. The number of hydrogen-bond acceptors (Lipinski definition) is 3. The van der Waals surface area contributed by atoms with Gasteiger partial charge in [-0.25, -0.2) is 0 Å². The summed E-state index contributed by atoms with van der Waals surface area (Å²) in [4.78, 5) is 2.35. The Morgan fingerprint density at radius 2 is 2.00 bits per heavy atom. The van der Waals surface area contributed by atoms with Gasteiger partial charge in [0.05, 0.1) is 19.3 Å². The molecule has 1 aromatic rings. The summed E-state index contributed by atoms with van der Waals surface area (Å²) in [6, 6.07) is 10.7. The van der Waals surface area contributed by atoms with E-state index >= 15 is 0 Å². The van der Waals surface area contributed by atoms with Gasteiger partial charge < -0.3 is 14.7 Å². The monoisotopic (exact) mass is 291 g/mol. The SMILES string of the molecule is CN(CCOCc1ccccc1)C1CC(O)CCC1(C)C. The van der Waals surface area contributed by atoms with Crippen molar-refractivity contribution in [3.05, 3.63) is 35.9 Å². The molecule has 0 aromatic heterocycles. The van der Waals surface area contributed by atoms with Crippen molar-refractivity contribution in [1.82, 2.24) is 4.90 Å². The molecular formula is C18H29NO2. The summed E-state index contributed by atoms with van der Waals surface area (Å²) in [5, 5.41) is 9.92. The minimum Gasteiger partial charge on any atom is -0.393 e. The van der Waals surface area contributed by atoms with Crippen molar-refractivity contribution in [2.24, 2.45) is 5.41 Å². The van der Waals surface area contributed by atoms with E-state index in [4.69, 9.17) is 4.74 Å². The van der Waals surface area contributed by atoms with Crippen LogP contribution in [0.15, 0.2) is 30.3 Å². The lowest BCUT2D eigenvalue weighted by molar-refractivity contribution is -0.0126. The Balaban J connectivity index is 1.74. The molecule has 0 spiro atoms. The van der Waals surface area contributed by atoms with Gasteiger partial charge >= 0.3 is 0 Å². The Morgan fingerprint density at radius 3 is 2.71 bits per heavy atom. The van der Waals surface area contributed by atoms with Crippen LogP contribution in [0, 0.1) is 5.41 Å². The Hall–Kier alpha value is -0.900. The van der Waals surface area contributed by atoms with Crippen LogP contribution in [0.25, 0.3) is 0 Å². The van der Waals surface area contributed by atoms with Gasteiger partial charge in [0, 0.05) is 12.6 Å². The van der Waals surface area contributed by atoms with E-state index in [1.807, 2.05) is 18.2 Å². The number of hydrogen-bond donors (Lipinski definition) is 1. The van der Waals surface area contributed by atoms with Crippen LogP contribution in [0.4, 0.5) is 0 Å². The predicted octanol–water partition coefficient (Wildman–Crippen LogP) is 3.07. The Labute approximate surface area is 128 Å². The third kappa shape index (κ3) is 4.80. The molecule has 1 saturated carbocycles. The van der Waals surface area contributed by atoms with Crippen molar-refractivity contribution < 1.29 is 9.84 Å². The summed E-state index contributed by atoms with van der Waals surface area (Å²) in [7, 11) is 2.15. The van der Waals surface area contributed by atoms with E-state index in [2.05, 4.69) is 37.9 Å². The minimum atomic E-state index is -0.143. The first-order valence-corrected chi connectivity index (χ1v) is 7.99. The molecule has 3 heteroatoms. The zero-order chi connectivity index (χ0) is 15.3. The lowest BCUT2D eigenvalue weighted by Gasteiger charge is -2.45. The van der Waals surface area contributed by atoms with Gasteiger partial charge in [-0.05, 0) is 37.3 Å². The number of nitrogens with zero attached hydrogens (tertiary/aromatic N) is 1. The highest BCUT2D eigenvalue weighted by Crippen LogP contribution is 2.38. The van der Waals surface area contributed by atoms with Crippen molar-refractivity contribution in [3.63, 3.8) is 0 Å². The standard InChI is InChI=1S/C18H29NO2/c1-18(2)10-9-16(20)13-17(18)19(3)11-12-21-14-15-7-5-4-6-8-15/h4-8,16-17,20H,9-14H2,1-3H3. The number of benzene rings is 1. The van der Waals surface area contributed by atoms with Crippen LogP contribution in [0.2, 0.25) is 0 Å². The van der Waals surface area contributed by atoms with Crippen LogP contribution in [0.5, 0.6) is 0 Å². The quantitative estimate of drug-likeness (QED) is 0.818. The molecule has 1 N–H and O–H groups in total. The smallest absolute Gasteiger partial charge is 0.0717 e. The fourth-order valence-electron chi connectivity index (χ4n) is 3.31. The maximum Gasteiger partial charge on any atom is 0.0717 e. The largest absolute Gasteiger partial charge is 0.393 e. The summed E-state index contributed by atoms with van der Waals surface area (Å²) in [5.41, 5.74) is 1.49. The summed E-state index contributed by atoms with van der Waals surface area (Å²) >= 11 is 0. The molecule has 3 nitrogen and oxygen atoms in total. The Bertz CT molecular complexity index is 418. The first kappa shape index (κ1) is 16.5. The maximum absolute atomic E-state index is 9.92. The van der Waals surface area contributed by atoms with Gasteiger partial charge in [0.25, 0.3) is 0 Å². The fraction of sp³-hybridized carbons (Fsp3) is 0.667. The fourth-order valence-corrected chi connectivity index (χ4v) is 3.31. The summed E-state index contributed by atoms with van der Waals surface area (Å²) < 4.78 is 5.77. The molecule has 0 saturated heterocycles. The van der Waals surface area contributed by atoms with Gasteiger partial charge in [-0.2, -0.15) is 0 Å². The third-order valence-corrected chi connectivity index (χ3v) is 4.75. The molecule has 2 atom stereocenters. The molecule has 1 fully saturated rings. The molecule has 0 bridgehead atoms. The molecule has 0 aliphatic heterocycles. The van der Waals surface area contributed by atoms with Gasteiger partial charge in [-0.1, -0.05) is 44.2 Å². The second kappa shape index (κ2) is 7.39.